The topological polar surface area (TPSA) is 41.6 Å². The van der Waals surface area contributed by atoms with E-state index in [1.165, 1.54) is 12.1 Å². The van der Waals surface area contributed by atoms with E-state index in [0.717, 1.165) is 31.7 Å². The van der Waals surface area contributed by atoms with Gasteiger partial charge in [0.05, 0.1) is 6.61 Å². The van der Waals surface area contributed by atoms with Gasteiger partial charge in [0, 0.05) is 45.6 Å². The first kappa shape index (κ1) is 15.9. The maximum absolute atomic E-state index is 12.8. The highest BCUT2D eigenvalue weighted by atomic mass is 19.1. The fourth-order valence-electron chi connectivity index (χ4n) is 2.62. The van der Waals surface area contributed by atoms with Gasteiger partial charge < -0.3 is 15.0 Å². The number of carbonyl (C=O) groups excluding carboxylic acids is 1. The Hall–Kier alpha value is -1.46. The molecular weight excluding hydrogens is 271 g/mol. The van der Waals surface area contributed by atoms with Crippen molar-refractivity contribution in [2.75, 3.05) is 39.9 Å². The van der Waals surface area contributed by atoms with E-state index in [-0.39, 0.29) is 11.7 Å². The molecule has 1 amide bonds. The number of nitrogens with zero attached hydrogens (tertiary/aromatic N) is 1. The Kier molecular flexibility index (Phi) is 6.14. The van der Waals surface area contributed by atoms with Crippen LogP contribution in [-0.2, 0) is 16.0 Å². The second kappa shape index (κ2) is 8.10. The van der Waals surface area contributed by atoms with Crippen molar-refractivity contribution in [3.63, 3.8) is 0 Å². The zero-order valence-electron chi connectivity index (χ0n) is 12.5. The number of aryl methyl sites for hydroxylation is 1. The van der Waals surface area contributed by atoms with Gasteiger partial charge in [0.1, 0.15) is 5.82 Å². The largest absolute Gasteiger partial charge is 0.384 e. The minimum Gasteiger partial charge on any atom is -0.384 e. The SMILES string of the molecule is COCC1CNCCN(C(=O)CCc2ccc(F)cc2)C1. The summed E-state index contributed by atoms with van der Waals surface area (Å²) in [6.07, 6.45) is 1.11. The van der Waals surface area contributed by atoms with Gasteiger partial charge in [-0.15, -0.1) is 0 Å². The van der Waals surface area contributed by atoms with Crippen molar-refractivity contribution in [2.24, 2.45) is 5.92 Å². The average Bonchev–Trinajstić information content (AvgIpc) is 2.72. The quantitative estimate of drug-likeness (QED) is 0.894. The highest BCUT2D eigenvalue weighted by Gasteiger charge is 2.21. The summed E-state index contributed by atoms with van der Waals surface area (Å²) < 4.78 is 18.0. The monoisotopic (exact) mass is 294 g/mol. The molecule has 1 fully saturated rings. The van der Waals surface area contributed by atoms with Crippen LogP contribution in [0.5, 0.6) is 0 Å². The van der Waals surface area contributed by atoms with Crippen molar-refractivity contribution >= 4 is 5.91 Å². The van der Waals surface area contributed by atoms with Crippen molar-refractivity contribution < 1.29 is 13.9 Å². The Morgan fingerprint density at radius 3 is 2.90 bits per heavy atom. The lowest BCUT2D eigenvalue weighted by atomic mass is 10.1. The highest BCUT2D eigenvalue weighted by molar-refractivity contribution is 5.76. The van der Waals surface area contributed by atoms with Gasteiger partial charge in [-0.1, -0.05) is 12.1 Å². The van der Waals surface area contributed by atoms with Crippen LogP contribution in [0.1, 0.15) is 12.0 Å². The number of amides is 1. The molecule has 1 unspecified atom stereocenters. The van der Waals surface area contributed by atoms with E-state index in [1.54, 1.807) is 19.2 Å². The van der Waals surface area contributed by atoms with Gasteiger partial charge in [-0.25, -0.2) is 4.39 Å². The van der Waals surface area contributed by atoms with Crippen molar-refractivity contribution in [1.29, 1.82) is 0 Å². The number of nitrogens with one attached hydrogen (secondary N) is 1. The molecule has 4 nitrogen and oxygen atoms in total. The summed E-state index contributed by atoms with van der Waals surface area (Å²) in [6, 6.07) is 6.34. The molecule has 1 aromatic rings. The normalized spacial score (nSPS) is 19.3. The van der Waals surface area contributed by atoms with Crippen molar-refractivity contribution in [3.8, 4) is 0 Å². The first-order chi connectivity index (χ1) is 10.2. The molecule has 1 N–H and O–H groups in total. The fourth-order valence-corrected chi connectivity index (χ4v) is 2.62. The van der Waals surface area contributed by atoms with Gasteiger partial charge in [0.25, 0.3) is 0 Å². The van der Waals surface area contributed by atoms with Gasteiger partial charge in [-0.3, -0.25) is 4.79 Å². The average molecular weight is 294 g/mol. The smallest absolute Gasteiger partial charge is 0.222 e. The van der Waals surface area contributed by atoms with Gasteiger partial charge in [-0.05, 0) is 24.1 Å². The predicted octanol–water partition coefficient (Wildman–Crippen LogP) is 1.45. The molecular formula is C16H23FN2O2. The number of hydrogen-bond acceptors (Lipinski definition) is 3. The molecule has 1 atom stereocenters. The minimum absolute atomic E-state index is 0.157. The number of benzene rings is 1. The number of carbonyl (C=O) groups is 1. The van der Waals surface area contributed by atoms with E-state index in [1.807, 2.05) is 4.90 Å². The Labute approximate surface area is 125 Å². The third-order valence-electron chi connectivity index (χ3n) is 3.77. The molecule has 2 rings (SSSR count). The Morgan fingerprint density at radius 1 is 1.43 bits per heavy atom. The summed E-state index contributed by atoms with van der Waals surface area (Å²) in [6.45, 7) is 3.85. The van der Waals surface area contributed by atoms with Crippen LogP contribution < -0.4 is 5.32 Å². The van der Waals surface area contributed by atoms with Crippen molar-refractivity contribution in [1.82, 2.24) is 10.2 Å². The number of ether oxygens (including phenoxy) is 1. The van der Waals surface area contributed by atoms with Crippen LogP contribution in [-0.4, -0.2) is 50.7 Å². The number of rotatable bonds is 5. The summed E-state index contributed by atoms with van der Waals surface area (Å²) in [5.41, 5.74) is 0.992. The zero-order valence-corrected chi connectivity index (χ0v) is 12.5. The highest BCUT2D eigenvalue weighted by Crippen LogP contribution is 2.10. The lowest BCUT2D eigenvalue weighted by molar-refractivity contribution is -0.131. The lowest BCUT2D eigenvalue weighted by Gasteiger charge is -2.23. The molecule has 0 aliphatic carbocycles. The van der Waals surface area contributed by atoms with E-state index in [0.29, 0.717) is 25.4 Å². The van der Waals surface area contributed by atoms with E-state index in [2.05, 4.69) is 5.32 Å². The summed E-state index contributed by atoms with van der Waals surface area (Å²) in [5, 5.41) is 3.33. The number of hydrogen-bond donors (Lipinski definition) is 1. The molecule has 1 aliphatic heterocycles. The van der Waals surface area contributed by atoms with E-state index < -0.39 is 0 Å². The molecule has 1 heterocycles. The second-order valence-electron chi connectivity index (χ2n) is 5.49. The Balaban J connectivity index is 1.84. The molecule has 0 spiro atoms. The van der Waals surface area contributed by atoms with E-state index >= 15 is 0 Å². The molecule has 116 valence electrons. The zero-order chi connectivity index (χ0) is 15.1. The van der Waals surface area contributed by atoms with Gasteiger partial charge in [0.2, 0.25) is 5.91 Å². The van der Waals surface area contributed by atoms with Crippen LogP contribution in [0.2, 0.25) is 0 Å². The second-order valence-corrected chi connectivity index (χ2v) is 5.49. The molecule has 0 radical (unpaired) electrons. The maximum Gasteiger partial charge on any atom is 0.222 e. The van der Waals surface area contributed by atoms with Gasteiger partial charge in [-0.2, -0.15) is 0 Å². The first-order valence-corrected chi connectivity index (χ1v) is 7.41. The molecule has 21 heavy (non-hydrogen) atoms. The molecule has 5 heteroatoms. The van der Waals surface area contributed by atoms with Crippen molar-refractivity contribution in [3.05, 3.63) is 35.6 Å². The van der Waals surface area contributed by atoms with E-state index in [4.69, 9.17) is 4.74 Å². The van der Waals surface area contributed by atoms with Crippen LogP contribution in [0.4, 0.5) is 4.39 Å². The third kappa shape index (κ3) is 5.10. The Morgan fingerprint density at radius 2 is 2.19 bits per heavy atom. The Bertz CT molecular complexity index is 450. The summed E-state index contributed by atoms with van der Waals surface area (Å²) in [5.74, 6) is 0.252. The van der Waals surface area contributed by atoms with Crippen LogP contribution in [0.3, 0.4) is 0 Å². The number of halogens is 1. The summed E-state index contributed by atoms with van der Waals surface area (Å²) in [4.78, 5) is 14.2. The lowest BCUT2D eigenvalue weighted by Crippen LogP contribution is -2.37. The summed E-state index contributed by atoms with van der Waals surface area (Å²) in [7, 11) is 1.69. The predicted molar refractivity (Wildman–Crippen MR) is 79.5 cm³/mol. The van der Waals surface area contributed by atoms with Crippen LogP contribution in [0.25, 0.3) is 0 Å². The first-order valence-electron chi connectivity index (χ1n) is 7.41. The van der Waals surface area contributed by atoms with E-state index in [9.17, 15) is 9.18 Å². The molecule has 1 aliphatic rings. The van der Waals surface area contributed by atoms with Gasteiger partial charge in [0.15, 0.2) is 0 Å². The standard InChI is InChI=1S/C16H23FN2O2/c1-21-12-14-10-18-8-9-19(11-14)16(20)7-4-13-2-5-15(17)6-3-13/h2-3,5-6,14,18H,4,7-12H2,1H3. The van der Waals surface area contributed by atoms with Crippen LogP contribution in [0.15, 0.2) is 24.3 Å². The number of methoxy groups -OCH3 is 1. The summed E-state index contributed by atoms with van der Waals surface area (Å²) >= 11 is 0. The molecule has 1 aromatic carbocycles. The van der Waals surface area contributed by atoms with Crippen LogP contribution >= 0.6 is 0 Å². The molecule has 0 aromatic heterocycles. The molecule has 1 saturated heterocycles. The van der Waals surface area contributed by atoms with Crippen LogP contribution in [0, 0.1) is 11.7 Å². The third-order valence-corrected chi connectivity index (χ3v) is 3.77. The maximum atomic E-state index is 12.8. The molecule has 0 saturated carbocycles. The molecule has 0 bridgehead atoms. The van der Waals surface area contributed by atoms with Gasteiger partial charge >= 0.3 is 0 Å². The minimum atomic E-state index is -0.244. The van der Waals surface area contributed by atoms with Crippen molar-refractivity contribution in [2.45, 2.75) is 12.8 Å². The fraction of sp³-hybridized carbons (Fsp3) is 0.562.